The number of nitrogens with one attached hydrogen (secondary N) is 1. The molecule has 0 atom stereocenters. The van der Waals surface area contributed by atoms with Gasteiger partial charge in [-0.1, -0.05) is 17.7 Å². The van der Waals surface area contributed by atoms with E-state index >= 15 is 0 Å². The normalized spacial score (nSPS) is 9.79. The van der Waals surface area contributed by atoms with E-state index in [4.69, 9.17) is 0 Å². The highest BCUT2D eigenvalue weighted by Gasteiger charge is 1.92. The van der Waals surface area contributed by atoms with Gasteiger partial charge in [0.25, 0.3) is 0 Å². The third-order valence-electron chi connectivity index (χ3n) is 2.02. The van der Waals surface area contributed by atoms with Crippen molar-refractivity contribution in [1.29, 1.82) is 0 Å². The zero-order valence-corrected chi connectivity index (χ0v) is 8.07. The highest BCUT2D eigenvalue weighted by molar-refractivity contribution is 5.58. The predicted octanol–water partition coefficient (Wildman–Crippen LogP) is 3.13. The lowest BCUT2D eigenvalue weighted by atomic mass is 10.2. The van der Waals surface area contributed by atoms with Crippen LogP contribution in [0.4, 0.5) is 11.4 Å². The summed E-state index contributed by atoms with van der Waals surface area (Å²) >= 11 is 0. The first-order valence-corrected chi connectivity index (χ1v) is 4.58. The van der Waals surface area contributed by atoms with Gasteiger partial charge in [0.05, 0.1) is 0 Å². The van der Waals surface area contributed by atoms with Crippen molar-refractivity contribution < 1.29 is 0 Å². The summed E-state index contributed by atoms with van der Waals surface area (Å²) in [6, 6.07) is 12.2. The molecule has 2 rings (SSSR count). The minimum atomic E-state index is 1.06. The average Bonchev–Trinajstić information content (AvgIpc) is 2.23. The lowest BCUT2D eigenvalue weighted by molar-refractivity contribution is 1.32. The molecule has 0 bridgehead atoms. The molecule has 1 aromatic carbocycles. The second kappa shape index (κ2) is 3.92. The Bertz CT molecular complexity index is 392. The predicted molar refractivity (Wildman–Crippen MR) is 58.7 cm³/mol. The number of hydrogen-bond acceptors (Lipinski definition) is 2. The SMILES string of the molecule is Cc1ccc(Nc2ccncc2)cc1. The molecule has 70 valence electrons. The summed E-state index contributed by atoms with van der Waals surface area (Å²) in [5, 5.41) is 3.29. The van der Waals surface area contributed by atoms with Crippen LogP contribution < -0.4 is 5.32 Å². The van der Waals surface area contributed by atoms with E-state index in [0.29, 0.717) is 0 Å². The lowest BCUT2D eigenvalue weighted by Gasteiger charge is -2.05. The molecule has 1 heterocycles. The van der Waals surface area contributed by atoms with Crippen molar-refractivity contribution in [2.24, 2.45) is 0 Å². The van der Waals surface area contributed by atoms with Crippen LogP contribution in [0.2, 0.25) is 0 Å². The zero-order chi connectivity index (χ0) is 9.80. The van der Waals surface area contributed by atoms with Crippen molar-refractivity contribution in [2.75, 3.05) is 5.32 Å². The van der Waals surface area contributed by atoms with Crippen LogP contribution in [-0.2, 0) is 0 Å². The number of aromatic nitrogens is 1. The zero-order valence-electron chi connectivity index (χ0n) is 8.07. The fourth-order valence-corrected chi connectivity index (χ4v) is 1.24. The average molecular weight is 184 g/mol. The summed E-state index contributed by atoms with van der Waals surface area (Å²) in [7, 11) is 0. The van der Waals surface area contributed by atoms with Crippen LogP contribution in [0.3, 0.4) is 0 Å². The van der Waals surface area contributed by atoms with E-state index in [2.05, 4.69) is 41.5 Å². The first-order chi connectivity index (χ1) is 6.84. The van der Waals surface area contributed by atoms with Gasteiger partial charge in [-0.15, -0.1) is 0 Å². The van der Waals surface area contributed by atoms with E-state index in [-0.39, 0.29) is 0 Å². The number of rotatable bonds is 2. The molecule has 2 nitrogen and oxygen atoms in total. The monoisotopic (exact) mass is 184 g/mol. The van der Waals surface area contributed by atoms with Gasteiger partial charge in [0.1, 0.15) is 0 Å². The molecule has 2 aromatic rings. The molecular formula is C12H12N2. The standard InChI is InChI=1S/C12H12N2/c1-10-2-4-11(5-3-10)14-12-6-8-13-9-7-12/h2-9H,1H3,(H,13,14). The maximum Gasteiger partial charge on any atom is 0.0415 e. The second-order valence-electron chi connectivity index (χ2n) is 3.23. The van der Waals surface area contributed by atoms with Gasteiger partial charge in [0.15, 0.2) is 0 Å². The Morgan fingerprint density at radius 1 is 0.857 bits per heavy atom. The quantitative estimate of drug-likeness (QED) is 0.775. The van der Waals surface area contributed by atoms with Crippen LogP contribution in [0.25, 0.3) is 0 Å². The van der Waals surface area contributed by atoms with E-state index in [1.807, 2.05) is 12.1 Å². The summed E-state index contributed by atoms with van der Waals surface area (Å²) in [6.45, 7) is 2.08. The molecule has 0 unspecified atom stereocenters. The van der Waals surface area contributed by atoms with Gasteiger partial charge in [0, 0.05) is 23.8 Å². The summed E-state index contributed by atoms with van der Waals surface area (Å²) < 4.78 is 0. The molecule has 0 fully saturated rings. The number of anilines is 2. The van der Waals surface area contributed by atoms with Gasteiger partial charge in [-0.05, 0) is 31.2 Å². The van der Waals surface area contributed by atoms with Crippen LogP contribution in [0.15, 0.2) is 48.8 Å². The van der Waals surface area contributed by atoms with E-state index in [1.165, 1.54) is 5.56 Å². The fraction of sp³-hybridized carbons (Fsp3) is 0.0833. The van der Waals surface area contributed by atoms with E-state index in [0.717, 1.165) is 11.4 Å². The van der Waals surface area contributed by atoms with Crippen molar-refractivity contribution in [3.8, 4) is 0 Å². The Labute approximate surface area is 83.6 Å². The van der Waals surface area contributed by atoms with Crippen LogP contribution in [0, 0.1) is 6.92 Å². The minimum Gasteiger partial charge on any atom is -0.355 e. The topological polar surface area (TPSA) is 24.9 Å². The first-order valence-electron chi connectivity index (χ1n) is 4.58. The van der Waals surface area contributed by atoms with Gasteiger partial charge < -0.3 is 5.32 Å². The van der Waals surface area contributed by atoms with Crippen LogP contribution in [0.5, 0.6) is 0 Å². The smallest absolute Gasteiger partial charge is 0.0415 e. The molecule has 0 aliphatic carbocycles. The molecule has 0 spiro atoms. The van der Waals surface area contributed by atoms with Crippen molar-refractivity contribution in [3.05, 3.63) is 54.4 Å². The van der Waals surface area contributed by atoms with Gasteiger partial charge in [-0.3, -0.25) is 4.98 Å². The molecule has 0 radical (unpaired) electrons. The molecule has 0 saturated heterocycles. The molecule has 0 saturated carbocycles. The summed E-state index contributed by atoms with van der Waals surface area (Å²) in [5.41, 5.74) is 3.43. The number of nitrogens with zero attached hydrogens (tertiary/aromatic N) is 1. The Kier molecular flexibility index (Phi) is 2.45. The number of benzene rings is 1. The highest BCUT2D eigenvalue weighted by atomic mass is 14.9. The molecular weight excluding hydrogens is 172 g/mol. The Morgan fingerprint density at radius 2 is 1.43 bits per heavy atom. The maximum atomic E-state index is 3.96. The Hall–Kier alpha value is -1.83. The second-order valence-corrected chi connectivity index (χ2v) is 3.23. The summed E-state index contributed by atoms with van der Waals surface area (Å²) in [4.78, 5) is 3.96. The largest absolute Gasteiger partial charge is 0.355 e. The van der Waals surface area contributed by atoms with Gasteiger partial charge in [0.2, 0.25) is 0 Å². The van der Waals surface area contributed by atoms with Crippen molar-refractivity contribution in [2.45, 2.75) is 6.92 Å². The Morgan fingerprint density at radius 3 is 2.07 bits per heavy atom. The number of aryl methyl sites for hydroxylation is 1. The molecule has 2 heteroatoms. The fourth-order valence-electron chi connectivity index (χ4n) is 1.24. The van der Waals surface area contributed by atoms with Crippen molar-refractivity contribution in [3.63, 3.8) is 0 Å². The van der Waals surface area contributed by atoms with Crippen LogP contribution in [-0.4, -0.2) is 4.98 Å². The van der Waals surface area contributed by atoms with E-state index in [9.17, 15) is 0 Å². The molecule has 1 aromatic heterocycles. The molecule has 0 amide bonds. The van der Waals surface area contributed by atoms with Crippen LogP contribution >= 0.6 is 0 Å². The minimum absolute atomic E-state index is 1.06. The first kappa shape index (κ1) is 8.75. The third-order valence-corrected chi connectivity index (χ3v) is 2.02. The van der Waals surface area contributed by atoms with E-state index < -0.39 is 0 Å². The summed E-state index contributed by atoms with van der Waals surface area (Å²) in [6.07, 6.45) is 3.55. The van der Waals surface area contributed by atoms with E-state index in [1.54, 1.807) is 12.4 Å². The lowest BCUT2D eigenvalue weighted by Crippen LogP contribution is -1.89. The summed E-state index contributed by atoms with van der Waals surface area (Å²) in [5.74, 6) is 0. The number of hydrogen-bond donors (Lipinski definition) is 1. The molecule has 0 aliphatic heterocycles. The van der Waals surface area contributed by atoms with Gasteiger partial charge in [-0.25, -0.2) is 0 Å². The van der Waals surface area contributed by atoms with Crippen molar-refractivity contribution in [1.82, 2.24) is 4.98 Å². The maximum absolute atomic E-state index is 3.96. The molecule has 1 N–H and O–H groups in total. The number of pyridine rings is 1. The van der Waals surface area contributed by atoms with Gasteiger partial charge >= 0.3 is 0 Å². The highest BCUT2D eigenvalue weighted by Crippen LogP contribution is 2.15. The molecule has 14 heavy (non-hydrogen) atoms. The third kappa shape index (κ3) is 2.10. The Balaban J connectivity index is 2.16. The van der Waals surface area contributed by atoms with Gasteiger partial charge in [-0.2, -0.15) is 0 Å². The molecule has 0 aliphatic rings. The van der Waals surface area contributed by atoms with Crippen molar-refractivity contribution >= 4 is 11.4 Å². The van der Waals surface area contributed by atoms with Crippen LogP contribution in [0.1, 0.15) is 5.56 Å².